The fraction of sp³-hybridized carbons (Fsp3) is 0.762. The van der Waals surface area contributed by atoms with E-state index in [2.05, 4.69) is 18.9 Å². The van der Waals surface area contributed by atoms with Crippen LogP contribution in [-0.4, -0.2) is 81.9 Å². The third-order valence-corrected chi connectivity index (χ3v) is 6.66. The Morgan fingerprint density at radius 1 is 0.964 bits per heavy atom. The molecule has 154 valence electrons. The predicted molar refractivity (Wildman–Crippen MR) is 108 cm³/mol. The Morgan fingerprint density at radius 3 is 2.46 bits per heavy atom. The molecule has 2 fully saturated rings. The summed E-state index contributed by atoms with van der Waals surface area (Å²) in [6, 6.07) is 0.305. The number of nitrogens with zero attached hydrogens (tertiary/aromatic N) is 5. The molecule has 7 nitrogen and oxygen atoms in total. The van der Waals surface area contributed by atoms with Crippen molar-refractivity contribution in [3.8, 4) is 0 Å². The predicted octanol–water partition coefficient (Wildman–Crippen LogP) is 2.01. The molecule has 1 unspecified atom stereocenters. The van der Waals surface area contributed by atoms with Crippen molar-refractivity contribution in [3.63, 3.8) is 0 Å². The molecule has 0 aliphatic carbocycles. The lowest BCUT2D eigenvalue weighted by molar-refractivity contribution is 0.0600. The van der Waals surface area contributed by atoms with E-state index in [4.69, 9.17) is 4.98 Å². The Kier molecular flexibility index (Phi) is 5.71. The van der Waals surface area contributed by atoms with Crippen molar-refractivity contribution in [3.05, 3.63) is 17.2 Å². The lowest BCUT2D eigenvalue weighted by Gasteiger charge is -2.35. The van der Waals surface area contributed by atoms with Gasteiger partial charge in [0.1, 0.15) is 5.69 Å². The summed E-state index contributed by atoms with van der Waals surface area (Å²) in [6.07, 6.45) is 7.25. The van der Waals surface area contributed by atoms with E-state index in [0.29, 0.717) is 17.6 Å². The Hall–Kier alpha value is -1.89. The van der Waals surface area contributed by atoms with Gasteiger partial charge >= 0.3 is 0 Å². The molecule has 0 saturated carbocycles. The Bertz CT molecular complexity index is 735. The second-order valence-electron chi connectivity index (χ2n) is 8.49. The van der Waals surface area contributed by atoms with Crippen LogP contribution in [0.5, 0.6) is 0 Å². The lowest BCUT2D eigenvalue weighted by Crippen LogP contribution is -2.47. The fourth-order valence-corrected chi connectivity index (χ4v) is 4.86. The van der Waals surface area contributed by atoms with Crippen LogP contribution in [0.15, 0.2) is 0 Å². The minimum absolute atomic E-state index is 0.0130. The molecule has 0 bridgehead atoms. The summed E-state index contributed by atoms with van der Waals surface area (Å²) in [5, 5.41) is 0. The SMILES string of the molecule is CCC1CCCCN1C(=O)c1nc(C(=O)N2CCN(C)CC2)n2c1CCCC2. The number of fused-ring (bicyclic) bond motifs is 1. The number of carbonyl (C=O) groups is 2. The van der Waals surface area contributed by atoms with Crippen molar-refractivity contribution in [1.82, 2.24) is 24.3 Å². The molecule has 0 N–H and O–H groups in total. The van der Waals surface area contributed by atoms with Crippen LogP contribution in [0.3, 0.4) is 0 Å². The van der Waals surface area contributed by atoms with Gasteiger partial charge in [-0.15, -0.1) is 0 Å². The van der Waals surface area contributed by atoms with Crippen molar-refractivity contribution in [1.29, 1.82) is 0 Å². The molecule has 1 aromatic heterocycles. The number of carbonyl (C=O) groups excluding carboxylic acids is 2. The third kappa shape index (κ3) is 3.56. The van der Waals surface area contributed by atoms with Crippen molar-refractivity contribution in [2.75, 3.05) is 39.8 Å². The monoisotopic (exact) mass is 387 g/mol. The zero-order valence-electron chi connectivity index (χ0n) is 17.3. The molecule has 0 spiro atoms. The normalized spacial score (nSPS) is 23.6. The van der Waals surface area contributed by atoms with Crippen LogP contribution in [0.25, 0.3) is 0 Å². The molecule has 1 aromatic rings. The van der Waals surface area contributed by atoms with E-state index in [0.717, 1.165) is 83.5 Å². The number of likely N-dealkylation sites (tertiary alicyclic amines) is 1. The van der Waals surface area contributed by atoms with Crippen LogP contribution in [0.4, 0.5) is 0 Å². The molecule has 4 heterocycles. The van der Waals surface area contributed by atoms with Gasteiger partial charge in [-0.2, -0.15) is 0 Å². The minimum atomic E-state index is -0.0130. The Labute approximate surface area is 167 Å². The quantitative estimate of drug-likeness (QED) is 0.796. The molecule has 4 rings (SSSR count). The van der Waals surface area contributed by atoms with Crippen LogP contribution >= 0.6 is 0 Å². The van der Waals surface area contributed by atoms with E-state index in [1.54, 1.807) is 0 Å². The summed E-state index contributed by atoms with van der Waals surface area (Å²) < 4.78 is 2.04. The van der Waals surface area contributed by atoms with Crippen molar-refractivity contribution in [2.24, 2.45) is 0 Å². The number of likely N-dealkylation sites (N-methyl/N-ethyl adjacent to an activating group) is 1. The van der Waals surface area contributed by atoms with Crippen LogP contribution in [-0.2, 0) is 13.0 Å². The molecule has 2 saturated heterocycles. The first kappa shape index (κ1) is 19.4. The van der Waals surface area contributed by atoms with Gasteiger partial charge in [-0.3, -0.25) is 9.59 Å². The Balaban J connectivity index is 1.63. The number of amides is 2. The summed E-state index contributed by atoms with van der Waals surface area (Å²) in [7, 11) is 2.08. The summed E-state index contributed by atoms with van der Waals surface area (Å²) in [4.78, 5) is 37.5. The highest BCUT2D eigenvalue weighted by Crippen LogP contribution is 2.27. The maximum Gasteiger partial charge on any atom is 0.289 e. The first-order valence-corrected chi connectivity index (χ1v) is 11.0. The molecular weight excluding hydrogens is 354 g/mol. The van der Waals surface area contributed by atoms with Gasteiger partial charge in [-0.05, 0) is 52.0 Å². The standard InChI is InChI=1S/C21H33N5O2/c1-3-16-8-4-6-10-25(16)20(27)18-17-9-5-7-11-26(17)19(22-18)21(28)24-14-12-23(2)13-15-24/h16H,3-15H2,1-2H3. The number of piperidine rings is 1. The summed E-state index contributed by atoms with van der Waals surface area (Å²) in [5.74, 6) is 0.503. The van der Waals surface area contributed by atoms with E-state index in [1.807, 2.05) is 14.4 Å². The number of hydrogen-bond acceptors (Lipinski definition) is 4. The van der Waals surface area contributed by atoms with E-state index < -0.39 is 0 Å². The van der Waals surface area contributed by atoms with Gasteiger partial charge in [-0.1, -0.05) is 6.92 Å². The average Bonchev–Trinajstić information content (AvgIpc) is 3.13. The molecule has 28 heavy (non-hydrogen) atoms. The van der Waals surface area contributed by atoms with Crippen molar-refractivity contribution in [2.45, 2.75) is 64.5 Å². The maximum atomic E-state index is 13.4. The molecule has 7 heteroatoms. The first-order chi connectivity index (χ1) is 13.6. The third-order valence-electron chi connectivity index (χ3n) is 6.66. The van der Waals surface area contributed by atoms with Gasteiger partial charge in [0.25, 0.3) is 11.8 Å². The van der Waals surface area contributed by atoms with Crippen molar-refractivity contribution < 1.29 is 9.59 Å². The number of piperazine rings is 1. The Morgan fingerprint density at radius 2 is 1.71 bits per heavy atom. The molecule has 3 aliphatic rings. The smallest absolute Gasteiger partial charge is 0.289 e. The molecule has 1 atom stereocenters. The highest BCUT2D eigenvalue weighted by Gasteiger charge is 2.34. The van der Waals surface area contributed by atoms with E-state index >= 15 is 0 Å². The summed E-state index contributed by atoms with van der Waals surface area (Å²) in [6.45, 7) is 6.98. The number of rotatable bonds is 3. The zero-order chi connectivity index (χ0) is 19.7. The zero-order valence-corrected chi connectivity index (χ0v) is 17.3. The van der Waals surface area contributed by atoms with Crippen LogP contribution in [0, 0.1) is 0 Å². The topological polar surface area (TPSA) is 61.7 Å². The largest absolute Gasteiger partial charge is 0.334 e. The number of imidazole rings is 1. The van der Waals surface area contributed by atoms with E-state index in [9.17, 15) is 9.59 Å². The minimum Gasteiger partial charge on any atom is -0.334 e. The molecule has 0 aromatic carbocycles. The average molecular weight is 388 g/mol. The van der Waals surface area contributed by atoms with Crippen LogP contribution in [0.2, 0.25) is 0 Å². The second kappa shape index (κ2) is 8.23. The van der Waals surface area contributed by atoms with Gasteiger partial charge in [0, 0.05) is 45.3 Å². The van der Waals surface area contributed by atoms with E-state index in [1.165, 1.54) is 6.42 Å². The van der Waals surface area contributed by atoms with Gasteiger partial charge in [0.15, 0.2) is 5.82 Å². The van der Waals surface area contributed by atoms with Gasteiger partial charge in [-0.25, -0.2) is 4.98 Å². The molecule has 0 radical (unpaired) electrons. The van der Waals surface area contributed by atoms with Crippen LogP contribution < -0.4 is 0 Å². The van der Waals surface area contributed by atoms with Crippen molar-refractivity contribution >= 4 is 11.8 Å². The second-order valence-corrected chi connectivity index (χ2v) is 8.49. The lowest BCUT2D eigenvalue weighted by atomic mass is 9.99. The van der Waals surface area contributed by atoms with Crippen LogP contribution in [0.1, 0.15) is 72.3 Å². The molecule has 3 aliphatic heterocycles. The number of aromatic nitrogens is 2. The van der Waals surface area contributed by atoms with Gasteiger partial charge in [0.2, 0.25) is 0 Å². The highest BCUT2D eigenvalue weighted by molar-refractivity contribution is 5.97. The maximum absolute atomic E-state index is 13.4. The van der Waals surface area contributed by atoms with Gasteiger partial charge < -0.3 is 19.3 Å². The summed E-state index contributed by atoms with van der Waals surface area (Å²) >= 11 is 0. The first-order valence-electron chi connectivity index (χ1n) is 11.0. The van der Waals surface area contributed by atoms with E-state index in [-0.39, 0.29) is 11.8 Å². The molecule has 2 amide bonds. The van der Waals surface area contributed by atoms with Gasteiger partial charge in [0.05, 0.1) is 5.69 Å². The highest BCUT2D eigenvalue weighted by atomic mass is 16.2. The number of hydrogen-bond donors (Lipinski definition) is 0. The fourth-order valence-electron chi connectivity index (χ4n) is 4.86. The molecular formula is C21H33N5O2. The summed E-state index contributed by atoms with van der Waals surface area (Å²) in [5.41, 5.74) is 1.52.